The van der Waals surface area contributed by atoms with Gasteiger partial charge in [-0.15, -0.1) is 0 Å². The maximum absolute atomic E-state index is 12.3. The number of aryl methyl sites for hydroxylation is 2. The second-order valence-corrected chi connectivity index (χ2v) is 10.0. The monoisotopic (exact) mass is 416 g/mol. The third-order valence-corrected chi connectivity index (χ3v) is 6.15. The van der Waals surface area contributed by atoms with E-state index < -0.39 is 15.6 Å². The number of hydrogen-bond donors (Lipinski definition) is 2. The Morgan fingerprint density at radius 3 is 2.00 bits per heavy atom. The second-order valence-electron chi connectivity index (χ2n) is 8.35. The molecule has 0 spiro atoms. The largest absolute Gasteiger partial charge is 0.326 e. The Morgan fingerprint density at radius 2 is 1.45 bits per heavy atom. The molecule has 0 aliphatic carbocycles. The maximum Gasteiger partial charge on any atom is 0.241 e. The molecule has 0 saturated carbocycles. The number of carbonyl (C=O) groups excluding carboxylic acids is 1. The fourth-order valence-corrected chi connectivity index (χ4v) is 4.33. The van der Waals surface area contributed by atoms with Gasteiger partial charge in [0.05, 0.1) is 4.90 Å². The second kappa shape index (κ2) is 10.0. The number of amides is 1. The van der Waals surface area contributed by atoms with Gasteiger partial charge in [-0.2, -0.15) is 0 Å². The van der Waals surface area contributed by atoms with E-state index in [4.69, 9.17) is 0 Å². The summed E-state index contributed by atoms with van der Waals surface area (Å²) in [4.78, 5) is 12.4. The van der Waals surface area contributed by atoms with Crippen LogP contribution in [0.2, 0.25) is 0 Å². The predicted octanol–water partition coefficient (Wildman–Crippen LogP) is 4.68. The molecule has 0 atom stereocenters. The molecule has 0 radical (unpaired) electrons. The minimum Gasteiger partial charge on any atom is -0.326 e. The van der Waals surface area contributed by atoms with E-state index in [-0.39, 0.29) is 10.8 Å². The van der Waals surface area contributed by atoms with Crippen LogP contribution in [0.1, 0.15) is 58.1 Å². The Hall–Kier alpha value is -2.18. The fourth-order valence-electron chi connectivity index (χ4n) is 2.91. The number of unbranched alkanes of at least 4 members (excludes halogenated alkanes) is 1. The molecular weight excluding hydrogens is 384 g/mol. The van der Waals surface area contributed by atoms with Crippen molar-refractivity contribution in [3.05, 3.63) is 59.7 Å². The summed E-state index contributed by atoms with van der Waals surface area (Å²) in [5.74, 6) is -0.0580. The minimum atomic E-state index is -3.55. The first-order chi connectivity index (χ1) is 13.6. The van der Waals surface area contributed by atoms with Gasteiger partial charge in [0.25, 0.3) is 0 Å². The molecule has 0 fully saturated rings. The summed E-state index contributed by atoms with van der Waals surface area (Å²) >= 11 is 0. The maximum atomic E-state index is 12.3. The van der Waals surface area contributed by atoms with Crippen molar-refractivity contribution in [1.82, 2.24) is 4.72 Å². The SMILES string of the molecule is CCCCc1ccc(NC(=O)CCc2ccc(S(=O)(=O)NC(C)(C)C)cc2)cc1. The van der Waals surface area contributed by atoms with Gasteiger partial charge in [0.15, 0.2) is 0 Å². The summed E-state index contributed by atoms with van der Waals surface area (Å²) in [6.07, 6.45) is 4.27. The molecule has 0 saturated heterocycles. The van der Waals surface area contributed by atoms with Crippen molar-refractivity contribution in [2.24, 2.45) is 0 Å². The van der Waals surface area contributed by atoms with Gasteiger partial charge in [0, 0.05) is 17.6 Å². The van der Waals surface area contributed by atoms with Gasteiger partial charge in [0.2, 0.25) is 15.9 Å². The molecule has 2 aromatic carbocycles. The molecule has 1 amide bonds. The Bertz CT molecular complexity index is 897. The third-order valence-electron chi connectivity index (χ3n) is 4.37. The minimum absolute atomic E-state index is 0.0580. The molecule has 0 aliphatic heterocycles. The first kappa shape index (κ1) is 23.1. The third kappa shape index (κ3) is 7.99. The topological polar surface area (TPSA) is 75.3 Å². The molecule has 0 unspecified atom stereocenters. The number of benzene rings is 2. The standard InChI is InChI=1S/C23H32N2O3S/c1-5-6-7-18-8-13-20(14-9-18)24-22(26)17-12-19-10-15-21(16-11-19)29(27,28)25-23(2,3)4/h8-11,13-16,25H,5-7,12,17H2,1-4H3,(H,24,26). The molecule has 2 aromatic rings. The van der Waals surface area contributed by atoms with Gasteiger partial charge in [-0.3, -0.25) is 4.79 Å². The van der Waals surface area contributed by atoms with Gasteiger partial charge in [-0.05, 0) is 75.4 Å². The van der Waals surface area contributed by atoms with Crippen LogP contribution in [0.5, 0.6) is 0 Å². The lowest BCUT2D eigenvalue weighted by Crippen LogP contribution is -2.40. The smallest absolute Gasteiger partial charge is 0.241 e. The quantitative estimate of drug-likeness (QED) is 0.623. The number of anilines is 1. The van der Waals surface area contributed by atoms with Crippen LogP contribution >= 0.6 is 0 Å². The lowest BCUT2D eigenvalue weighted by Gasteiger charge is -2.20. The molecule has 0 aromatic heterocycles. The van der Waals surface area contributed by atoms with E-state index >= 15 is 0 Å². The number of nitrogens with one attached hydrogen (secondary N) is 2. The van der Waals surface area contributed by atoms with E-state index in [1.165, 1.54) is 12.0 Å². The van der Waals surface area contributed by atoms with Gasteiger partial charge in [-0.25, -0.2) is 13.1 Å². The molecule has 29 heavy (non-hydrogen) atoms. The number of sulfonamides is 1. The fraction of sp³-hybridized carbons (Fsp3) is 0.435. The molecule has 0 aliphatic rings. The molecule has 0 heterocycles. The van der Waals surface area contributed by atoms with Crippen LogP contribution in [0.3, 0.4) is 0 Å². The number of hydrogen-bond acceptors (Lipinski definition) is 3. The van der Waals surface area contributed by atoms with Crippen molar-refractivity contribution in [3.8, 4) is 0 Å². The summed E-state index contributed by atoms with van der Waals surface area (Å²) < 4.78 is 27.3. The average molecular weight is 417 g/mol. The van der Waals surface area contributed by atoms with E-state index in [9.17, 15) is 13.2 Å². The van der Waals surface area contributed by atoms with Crippen LogP contribution in [-0.4, -0.2) is 19.9 Å². The van der Waals surface area contributed by atoms with Gasteiger partial charge < -0.3 is 5.32 Å². The van der Waals surface area contributed by atoms with Crippen LogP contribution in [-0.2, 0) is 27.7 Å². The molecule has 0 bridgehead atoms. The normalized spacial score (nSPS) is 12.0. The van der Waals surface area contributed by atoms with E-state index in [1.54, 1.807) is 45.0 Å². The van der Waals surface area contributed by atoms with Gasteiger partial charge in [-0.1, -0.05) is 37.6 Å². The van der Waals surface area contributed by atoms with Crippen molar-refractivity contribution in [2.45, 2.75) is 70.2 Å². The molecule has 2 N–H and O–H groups in total. The van der Waals surface area contributed by atoms with E-state index in [2.05, 4.69) is 29.1 Å². The first-order valence-corrected chi connectivity index (χ1v) is 11.6. The Labute approximate surface area is 175 Å². The lowest BCUT2D eigenvalue weighted by molar-refractivity contribution is -0.116. The van der Waals surface area contributed by atoms with Crippen LogP contribution in [0, 0.1) is 0 Å². The zero-order chi connectivity index (χ0) is 21.5. The highest BCUT2D eigenvalue weighted by molar-refractivity contribution is 7.89. The molecule has 5 nitrogen and oxygen atoms in total. The van der Waals surface area contributed by atoms with Crippen LogP contribution in [0.15, 0.2) is 53.4 Å². The zero-order valence-electron chi connectivity index (χ0n) is 17.8. The predicted molar refractivity (Wildman–Crippen MR) is 119 cm³/mol. The van der Waals surface area contributed by atoms with Gasteiger partial charge >= 0.3 is 0 Å². The van der Waals surface area contributed by atoms with Crippen molar-refractivity contribution in [3.63, 3.8) is 0 Å². The zero-order valence-corrected chi connectivity index (χ0v) is 18.6. The Kier molecular flexibility index (Phi) is 7.99. The Balaban J connectivity index is 1.87. The number of carbonyl (C=O) groups is 1. The van der Waals surface area contributed by atoms with Crippen LogP contribution in [0.4, 0.5) is 5.69 Å². The first-order valence-electron chi connectivity index (χ1n) is 10.1. The van der Waals surface area contributed by atoms with Crippen LogP contribution in [0.25, 0.3) is 0 Å². The highest BCUT2D eigenvalue weighted by atomic mass is 32.2. The van der Waals surface area contributed by atoms with E-state index in [1.807, 2.05) is 12.1 Å². The van der Waals surface area contributed by atoms with E-state index in [0.29, 0.717) is 12.8 Å². The summed E-state index contributed by atoms with van der Waals surface area (Å²) in [5, 5.41) is 2.91. The highest BCUT2D eigenvalue weighted by Gasteiger charge is 2.21. The van der Waals surface area contributed by atoms with Crippen molar-refractivity contribution in [1.29, 1.82) is 0 Å². The van der Waals surface area contributed by atoms with Crippen molar-refractivity contribution >= 4 is 21.6 Å². The lowest BCUT2D eigenvalue weighted by atomic mass is 10.1. The average Bonchev–Trinajstić information content (AvgIpc) is 2.64. The molecule has 2 rings (SSSR count). The van der Waals surface area contributed by atoms with Gasteiger partial charge in [0.1, 0.15) is 0 Å². The van der Waals surface area contributed by atoms with Crippen molar-refractivity contribution in [2.75, 3.05) is 5.32 Å². The summed E-state index contributed by atoms with van der Waals surface area (Å²) in [5.41, 5.74) is 2.46. The molecular formula is C23H32N2O3S. The molecule has 158 valence electrons. The van der Waals surface area contributed by atoms with E-state index in [0.717, 1.165) is 24.1 Å². The molecule has 6 heteroatoms. The van der Waals surface area contributed by atoms with Crippen molar-refractivity contribution < 1.29 is 13.2 Å². The number of rotatable bonds is 9. The van der Waals surface area contributed by atoms with Crippen LogP contribution < -0.4 is 10.0 Å². The summed E-state index contributed by atoms with van der Waals surface area (Å²) in [6.45, 7) is 7.58. The summed E-state index contributed by atoms with van der Waals surface area (Å²) in [7, 11) is -3.55. The summed E-state index contributed by atoms with van der Waals surface area (Å²) in [6, 6.07) is 14.6. The highest BCUT2D eigenvalue weighted by Crippen LogP contribution is 2.16. The Morgan fingerprint density at radius 1 is 0.897 bits per heavy atom.